The van der Waals surface area contributed by atoms with E-state index in [1.807, 2.05) is 0 Å². The van der Waals surface area contributed by atoms with Crippen LogP contribution in [0.2, 0.25) is 0 Å². The van der Waals surface area contributed by atoms with Crippen molar-refractivity contribution in [1.82, 2.24) is 0 Å². The maximum Gasteiger partial charge on any atom is 0.344 e. The van der Waals surface area contributed by atoms with Crippen LogP contribution in [0.15, 0.2) is 59.5 Å². The van der Waals surface area contributed by atoms with Crippen molar-refractivity contribution in [2.75, 3.05) is 25.1 Å². The molecule has 0 amide bonds. The maximum absolute atomic E-state index is 12.6. The zero-order chi connectivity index (χ0) is 18.4. The predicted molar refractivity (Wildman–Crippen MR) is 90.8 cm³/mol. The Kier molecular flexibility index (Phi) is 5.76. The molecule has 0 saturated carbocycles. The Morgan fingerprint density at radius 2 is 1.60 bits per heavy atom. The van der Waals surface area contributed by atoms with E-state index in [4.69, 9.17) is 4.74 Å². The summed E-state index contributed by atoms with van der Waals surface area (Å²) in [7, 11) is -1.13. The van der Waals surface area contributed by atoms with Crippen molar-refractivity contribution in [3.63, 3.8) is 0 Å². The van der Waals surface area contributed by atoms with Gasteiger partial charge in [0.2, 0.25) is 0 Å². The molecule has 25 heavy (non-hydrogen) atoms. The average Bonchev–Trinajstić information content (AvgIpc) is 2.65. The van der Waals surface area contributed by atoms with Crippen molar-refractivity contribution >= 4 is 27.6 Å². The highest BCUT2D eigenvalue weighted by Crippen LogP contribution is 2.22. The molecule has 0 bridgehead atoms. The topological polar surface area (TPSA) is 90.0 Å². The Morgan fingerprint density at radius 1 is 1.00 bits per heavy atom. The van der Waals surface area contributed by atoms with Crippen LogP contribution in [0.3, 0.4) is 0 Å². The average molecular weight is 363 g/mol. The molecule has 0 fully saturated rings. The molecule has 2 aromatic rings. The molecular formula is C17H17NO6S. The Labute approximate surface area is 145 Å². The van der Waals surface area contributed by atoms with E-state index < -0.39 is 28.6 Å². The quantitative estimate of drug-likeness (QED) is 0.728. The van der Waals surface area contributed by atoms with Gasteiger partial charge in [-0.2, -0.15) is 0 Å². The summed E-state index contributed by atoms with van der Waals surface area (Å²) in [5.41, 5.74) is 0.647. The number of hydrogen-bond acceptors (Lipinski definition) is 6. The lowest BCUT2D eigenvalue weighted by atomic mass is 10.2. The maximum atomic E-state index is 12.6. The first-order chi connectivity index (χ1) is 11.9. The Hall–Kier alpha value is -2.87. The van der Waals surface area contributed by atoms with Crippen LogP contribution < -0.4 is 4.31 Å². The highest BCUT2D eigenvalue weighted by molar-refractivity contribution is 7.92. The molecule has 7 nitrogen and oxygen atoms in total. The number of esters is 2. The van der Waals surface area contributed by atoms with E-state index in [9.17, 15) is 18.0 Å². The normalized spacial score (nSPS) is 10.8. The Bertz CT molecular complexity index is 846. The second kappa shape index (κ2) is 7.80. The summed E-state index contributed by atoms with van der Waals surface area (Å²) in [5, 5.41) is 0. The predicted octanol–water partition coefficient (Wildman–Crippen LogP) is 1.84. The minimum atomic E-state index is -3.76. The van der Waals surface area contributed by atoms with Gasteiger partial charge in [-0.3, -0.25) is 4.31 Å². The van der Waals surface area contributed by atoms with E-state index in [2.05, 4.69) is 4.74 Å². The molecule has 0 aromatic heterocycles. The van der Waals surface area contributed by atoms with Gasteiger partial charge in [0.25, 0.3) is 10.0 Å². The summed E-state index contributed by atoms with van der Waals surface area (Å²) >= 11 is 0. The van der Waals surface area contributed by atoms with Crippen LogP contribution in [0.4, 0.5) is 5.69 Å². The van der Waals surface area contributed by atoms with E-state index in [0.717, 1.165) is 4.31 Å². The Balaban J connectivity index is 2.16. The molecular weight excluding hydrogens is 346 g/mol. The van der Waals surface area contributed by atoms with Crippen molar-refractivity contribution in [3.8, 4) is 0 Å². The second-order valence-corrected chi connectivity index (χ2v) is 6.95. The Morgan fingerprint density at radius 3 is 2.16 bits per heavy atom. The van der Waals surface area contributed by atoms with Crippen molar-refractivity contribution in [2.45, 2.75) is 4.90 Å². The molecule has 0 unspecified atom stereocenters. The van der Waals surface area contributed by atoms with Crippen LogP contribution in [-0.2, 0) is 24.3 Å². The molecule has 0 aliphatic heterocycles. The molecule has 0 atom stereocenters. The van der Waals surface area contributed by atoms with E-state index in [-0.39, 0.29) is 10.5 Å². The smallest absolute Gasteiger partial charge is 0.344 e. The number of ether oxygens (including phenoxy) is 2. The number of hydrogen-bond donors (Lipinski definition) is 0. The third-order valence-electron chi connectivity index (χ3n) is 3.42. The van der Waals surface area contributed by atoms with Gasteiger partial charge in [0.1, 0.15) is 0 Å². The van der Waals surface area contributed by atoms with Crippen molar-refractivity contribution in [1.29, 1.82) is 0 Å². The summed E-state index contributed by atoms with van der Waals surface area (Å²) < 4.78 is 35.5. The van der Waals surface area contributed by atoms with Gasteiger partial charge in [-0.05, 0) is 36.4 Å². The molecule has 2 aromatic carbocycles. The fourth-order valence-corrected chi connectivity index (χ4v) is 3.16. The number of carbonyl (C=O) groups is 2. The standard InChI is InChI=1S/C17H17NO6S/c1-18(14-6-4-3-5-7-14)25(21,22)15-10-8-13(9-11-15)17(20)24-12-16(19)23-2/h3-11H,12H2,1-2H3. The van der Waals surface area contributed by atoms with Crippen LogP contribution in [0, 0.1) is 0 Å². The lowest BCUT2D eigenvalue weighted by Crippen LogP contribution is -2.26. The minimum Gasteiger partial charge on any atom is -0.466 e. The van der Waals surface area contributed by atoms with Gasteiger partial charge < -0.3 is 9.47 Å². The first-order valence-electron chi connectivity index (χ1n) is 7.24. The number of para-hydroxylation sites is 1. The van der Waals surface area contributed by atoms with Crippen molar-refractivity contribution < 1.29 is 27.5 Å². The highest BCUT2D eigenvalue weighted by Gasteiger charge is 2.21. The van der Waals surface area contributed by atoms with Gasteiger partial charge in [-0.1, -0.05) is 18.2 Å². The van der Waals surface area contributed by atoms with E-state index >= 15 is 0 Å². The monoisotopic (exact) mass is 363 g/mol. The fourth-order valence-electron chi connectivity index (χ4n) is 1.96. The third kappa shape index (κ3) is 4.36. The van der Waals surface area contributed by atoms with E-state index in [1.54, 1.807) is 30.3 Å². The number of nitrogens with zero attached hydrogens (tertiary/aromatic N) is 1. The summed E-state index contributed by atoms with van der Waals surface area (Å²) in [5.74, 6) is -1.43. The minimum absolute atomic E-state index is 0.0309. The zero-order valence-electron chi connectivity index (χ0n) is 13.7. The van der Waals surface area contributed by atoms with Crippen LogP contribution in [0.5, 0.6) is 0 Å². The van der Waals surface area contributed by atoms with Crippen molar-refractivity contribution in [2.24, 2.45) is 0 Å². The van der Waals surface area contributed by atoms with Gasteiger partial charge >= 0.3 is 11.9 Å². The first kappa shape index (κ1) is 18.5. The zero-order valence-corrected chi connectivity index (χ0v) is 14.5. The molecule has 0 aliphatic rings. The fraction of sp³-hybridized carbons (Fsp3) is 0.176. The number of rotatable bonds is 6. The van der Waals surface area contributed by atoms with Gasteiger partial charge in [-0.25, -0.2) is 18.0 Å². The summed E-state index contributed by atoms with van der Waals surface area (Å²) in [6.45, 7) is -0.508. The van der Waals surface area contributed by atoms with Crippen LogP contribution in [0.25, 0.3) is 0 Å². The molecule has 0 radical (unpaired) electrons. The number of sulfonamides is 1. The van der Waals surface area contributed by atoms with E-state index in [0.29, 0.717) is 5.69 Å². The summed E-state index contributed by atoms with van der Waals surface area (Å²) in [6.07, 6.45) is 0. The molecule has 0 heterocycles. The summed E-state index contributed by atoms with van der Waals surface area (Å²) in [6, 6.07) is 13.9. The lowest BCUT2D eigenvalue weighted by molar-refractivity contribution is -0.144. The van der Waals surface area contributed by atoms with Crippen LogP contribution >= 0.6 is 0 Å². The largest absolute Gasteiger partial charge is 0.466 e. The van der Waals surface area contributed by atoms with Gasteiger partial charge in [0.05, 0.1) is 23.3 Å². The van der Waals surface area contributed by atoms with Crippen molar-refractivity contribution in [3.05, 3.63) is 60.2 Å². The molecule has 2 rings (SSSR count). The van der Waals surface area contributed by atoms with Gasteiger partial charge in [-0.15, -0.1) is 0 Å². The molecule has 0 saturated heterocycles. The van der Waals surface area contributed by atoms with Crippen LogP contribution in [0.1, 0.15) is 10.4 Å². The molecule has 0 N–H and O–H groups in total. The SMILES string of the molecule is COC(=O)COC(=O)c1ccc(S(=O)(=O)N(C)c2ccccc2)cc1. The number of benzene rings is 2. The molecule has 0 spiro atoms. The molecule has 8 heteroatoms. The third-order valence-corrected chi connectivity index (χ3v) is 5.22. The summed E-state index contributed by atoms with van der Waals surface area (Å²) in [4.78, 5) is 22.8. The number of carbonyl (C=O) groups excluding carboxylic acids is 2. The highest BCUT2D eigenvalue weighted by atomic mass is 32.2. The van der Waals surface area contributed by atoms with E-state index in [1.165, 1.54) is 38.4 Å². The first-order valence-corrected chi connectivity index (χ1v) is 8.68. The van der Waals surface area contributed by atoms with Gasteiger partial charge in [0, 0.05) is 7.05 Å². The molecule has 132 valence electrons. The number of anilines is 1. The van der Waals surface area contributed by atoms with Gasteiger partial charge in [0.15, 0.2) is 6.61 Å². The van der Waals surface area contributed by atoms with Crippen LogP contribution in [-0.4, -0.2) is 41.1 Å². The lowest BCUT2D eigenvalue weighted by Gasteiger charge is -2.19. The second-order valence-electron chi connectivity index (χ2n) is 4.98. The number of methoxy groups -OCH3 is 1. The molecule has 0 aliphatic carbocycles.